The topological polar surface area (TPSA) is 15.3 Å². The van der Waals surface area contributed by atoms with E-state index in [1.54, 1.807) is 0 Å². The molecule has 1 aliphatic heterocycles. The van der Waals surface area contributed by atoms with Crippen molar-refractivity contribution in [3.05, 3.63) is 0 Å². The first-order valence-corrected chi connectivity index (χ1v) is 7.35. The highest BCUT2D eigenvalue weighted by Gasteiger charge is 2.30. The summed E-state index contributed by atoms with van der Waals surface area (Å²) in [5.74, 6) is 0.975. The quantitative estimate of drug-likeness (QED) is 0.669. The molecule has 16 heavy (non-hydrogen) atoms. The second kappa shape index (κ2) is 6.61. The summed E-state index contributed by atoms with van der Waals surface area (Å²) >= 11 is 0. The van der Waals surface area contributed by atoms with Gasteiger partial charge in [0.05, 0.1) is 0 Å². The van der Waals surface area contributed by atoms with Crippen LogP contribution in [0.25, 0.3) is 0 Å². The van der Waals surface area contributed by atoms with Gasteiger partial charge < -0.3 is 10.2 Å². The Morgan fingerprint density at radius 1 is 1.06 bits per heavy atom. The molecular weight excluding hydrogens is 196 g/mol. The van der Waals surface area contributed by atoms with Crippen LogP contribution in [0.4, 0.5) is 0 Å². The Morgan fingerprint density at radius 2 is 1.81 bits per heavy atom. The van der Waals surface area contributed by atoms with Gasteiger partial charge in [-0.3, -0.25) is 0 Å². The third kappa shape index (κ3) is 4.06. The molecule has 0 bridgehead atoms. The molecule has 0 radical (unpaired) electrons. The van der Waals surface area contributed by atoms with Gasteiger partial charge in [0.15, 0.2) is 0 Å². The standard InChI is InChI=1S/C14H28N2/c1-2-3-4-11-16(14-5-6-14)12-13-7-9-15-10-8-13/h13-15H,2-12H2,1H3. The van der Waals surface area contributed by atoms with Gasteiger partial charge in [0, 0.05) is 12.6 Å². The van der Waals surface area contributed by atoms with Gasteiger partial charge in [-0.1, -0.05) is 19.8 Å². The first kappa shape index (κ1) is 12.4. The Hall–Kier alpha value is -0.0800. The zero-order valence-electron chi connectivity index (χ0n) is 10.9. The molecule has 2 nitrogen and oxygen atoms in total. The first-order chi connectivity index (χ1) is 7.90. The van der Waals surface area contributed by atoms with E-state index in [1.807, 2.05) is 0 Å². The molecule has 0 amide bonds. The van der Waals surface area contributed by atoms with Gasteiger partial charge in [-0.25, -0.2) is 0 Å². The fraction of sp³-hybridized carbons (Fsp3) is 1.00. The van der Waals surface area contributed by atoms with Crippen molar-refractivity contribution in [2.45, 2.75) is 57.9 Å². The van der Waals surface area contributed by atoms with Crippen molar-refractivity contribution >= 4 is 0 Å². The van der Waals surface area contributed by atoms with Crippen molar-refractivity contribution in [3.63, 3.8) is 0 Å². The molecule has 0 spiro atoms. The van der Waals surface area contributed by atoms with Crippen LogP contribution >= 0.6 is 0 Å². The van der Waals surface area contributed by atoms with Gasteiger partial charge >= 0.3 is 0 Å². The maximum Gasteiger partial charge on any atom is 0.00965 e. The Morgan fingerprint density at radius 3 is 2.44 bits per heavy atom. The third-order valence-electron chi connectivity index (χ3n) is 4.06. The van der Waals surface area contributed by atoms with Crippen LogP contribution in [0.5, 0.6) is 0 Å². The molecule has 0 aromatic heterocycles. The van der Waals surface area contributed by atoms with Crippen LogP contribution in [0.1, 0.15) is 51.9 Å². The van der Waals surface area contributed by atoms with E-state index in [0.29, 0.717) is 0 Å². The maximum absolute atomic E-state index is 3.47. The molecule has 2 heteroatoms. The van der Waals surface area contributed by atoms with Gasteiger partial charge in [-0.15, -0.1) is 0 Å². The minimum absolute atomic E-state index is 0.965. The average molecular weight is 224 g/mol. The zero-order valence-corrected chi connectivity index (χ0v) is 10.9. The van der Waals surface area contributed by atoms with E-state index in [-0.39, 0.29) is 0 Å². The molecule has 1 heterocycles. The van der Waals surface area contributed by atoms with Crippen molar-refractivity contribution in [2.24, 2.45) is 5.92 Å². The number of unbranched alkanes of at least 4 members (excludes halogenated alkanes) is 2. The van der Waals surface area contributed by atoms with Gasteiger partial charge in [0.1, 0.15) is 0 Å². The highest BCUT2D eigenvalue weighted by atomic mass is 15.2. The van der Waals surface area contributed by atoms with Crippen LogP contribution in [0.15, 0.2) is 0 Å². The molecule has 1 N–H and O–H groups in total. The highest BCUT2D eigenvalue weighted by molar-refractivity contribution is 4.86. The Balaban J connectivity index is 1.68. The lowest BCUT2D eigenvalue weighted by atomic mass is 9.97. The second-order valence-electron chi connectivity index (χ2n) is 5.63. The summed E-state index contributed by atoms with van der Waals surface area (Å²) in [6, 6.07) is 0.965. The lowest BCUT2D eigenvalue weighted by Crippen LogP contribution is -2.37. The molecule has 0 aromatic carbocycles. The SMILES string of the molecule is CCCCCN(CC1CCNCC1)C1CC1. The smallest absolute Gasteiger partial charge is 0.00965 e. The van der Waals surface area contributed by atoms with E-state index in [2.05, 4.69) is 17.1 Å². The van der Waals surface area contributed by atoms with Crippen LogP contribution in [0, 0.1) is 5.92 Å². The van der Waals surface area contributed by atoms with Crippen LogP contribution < -0.4 is 5.32 Å². The van der Waals surface area contributed by atoms with Crippen LogP contribution in [-0.4, -0.2) is 37.1 Å². The van der Waals surface area contributed by atoms with Crippen molar-refractivity contribution in [3.8, 4) is 0 Å². The van der Waals surface area contributed by atoms with Crippen molar-refractivity contribution in [1.82, 2.24) is 10.2 Å². The molecule has 94 valence electrons. The number of rotatable bonds is 7. The normalized spacial score (nSPS) is 22.9. The van der Waals surface area contributed by atoms with Gasteiger partial charge in [-0.2, -0.15) is 0 Å². The fourth-order valence-electron chi connectivity index (χ4n) is 2.82. The van der Waals surface area contributed by atoms with Gasteiger partial charge in [-0.05, 0) is 57.7 Å². The molecule has 0 atom stereocenters. The summed E-state index contributed by atoms with van der Waals surface area (Å²) in [4.78, 5) is 2.80. The summed E-state index contributed by atoms with van der Waals surface area (Å²) in [6.45, 7) is 7.54. The monoisotopic (exact) mass is 224 g/mol. The predicted molar refractivity (Wildman–Crippen MR) is 69.7 cm³/mol. The fourth-order valence-corrected chi connectivity index (χ4v) is 2.82. The molecule has 0 aromatic rings. The maximum atomic E-state index is 3.47. The molecular formula is C14H28N2. The molecule has 2 rings (SSSR count). The first-order valence-electron chi connectivity index (χ1n) is 7.35. The summed E-state index contributed by atoms with van der Waals surface area (Å²) in [7, 11) is 0. The number of hydrogen-bond donors (Lipinski definition) is 1. The summed E-state index contributed by atoms with van der Waals surface area (Å²) < 4.78 is 0. The van der Waals surface area contributed by atoms with E-state index in [1.165, 1.54) is 71.1 Å². The molecule has 2 fully saturated rings. The van der Waals surface area contributed by atoms with Crippen molar-refractivity contribution in [2.75, 3.05) is 26.2 Å². The van der Waals surface area contributed by atoms with E-state index in [4.69, 9.17) is 0 Å². The molecule has 1 aliphatic carbocycles. The summed E-state index contributed by atoms with van der Waals surface area (Å²) in [5, 5.41) is 3.47. The number of hydrogen-bond acceptors (Lipinski definition) is 2. The Kier molecular flexibility index (Phi) is 5.11. The number of nitrogens with one attached hydrogen (secondary N) is 1. The lowest BCUT2D eigenvalue weighted by molar-refractivity contribution is 0.194. The van der Waals surface area contributed by atoms with E-state index in [0.717, 1.165) is 12.0 Å². The lowest BCUT2D eigenvalue weighted by Gasteiger charge is -2.30. The van der Waals surface area contributed by atoms with Crippen LogP contribution in [0.3, 0.4) is 0 Å². The van der Waals surface area contributed by atoms with Crippen LogP contribution in [0.2, 0.25) is 0 Å². The van der Waals surface area contributed by atoms with E-state index in [9.17, 15) is 0 Å². The average Bonchev–Trinajstić information content (AvgIpc) is 3.13. The zero-order chi connectivity index (χ0) is 11.2. The Labute approximate surface area is 101 Å². The van der Waals surface area contributed by atoms with Crippen molar-refractivity contribution in [1.29, 1.82) is 0 Å². The minimum Gasteiger partial charge on any atom is -0.317 e. The minimum atomic E-state index is 0.965. The predicted octanol–water partition coefficient (Wildman–Crippen LogP) is 2.64. The largest absolute Gasteiger partial charge is 0.317 e. The summed E-state index contributed by atoms with van der Waals surface area (Å²) in [6.07, 6.45) is 9.92. The molecule has 1 saturated carbocycles. The number of nitrogens with zero attached hydrogens (tertiary/aromatic N) is 1. The van der Waals surface area contributed by atoms with Crippen LogP contribution in [-0.2, 0) is 0 Å². The Bertz CT molecular complexity index is 183. The second-order valence-corrected chi connectivity index (χ2v) is 5.63. The van der Waals surface area contributed by atoms with E-state index < -0.39 is 0 Å². The molecule has 1 saturated heterocycles. The van der Waals surface area contributed by atoms with Gasteiger partial charge in [0.25, 0.3) is 0 Å². The molecule has 2 aliphatic rings. The summed E-state index contributed by atoms with van der Waals surface area (Å²) in [5.41, 5.74) is 0. The molecule has 0 unspecified atom stereocenters. The highest BCUT2D eigenvalue weighted by Crippen LogP contribution is 2.29. The number of piperidine rings is 1. The van der Waals surface area contributed by atoms with Crippen molar-refractivity contribution < 1.29 is 0 Å². The van der Waals surface area contributed by atoms with Gasteiger partial charge in [0.2, 0.25) is 0 Å². The van der Waals surface area contributed by atoms with E-state index >= 15 is 0 Å². The third-order valence-corrected chi connectivity index (χ3v) is 4.06.